The Bertz CT molecular complexity index is 2610. The number of carbonyl (C=O) groups is 1. The van der Waals surface area contributed by atoms with Crippen molar-refractivity contribution in [2.45, 2.75) is 114 Å². The number of aliphatic hydroxyl groups is 1. The van der Waals surface area contributed by atoms with Crippen LogP contribution in [0.2, 0.25) is 0 Å². The summed E-state index contributed by atoms with van der Waals surface area (Å²) in [5.74, 6) is 9.61. The van der Waals surface area contributed by atoms with E-state index in [0.29, 0.717) is 23.9 Å². The molecule has 4 bridgehead atoms. The third kappa shape index (κ3) is 8.11. The largest absolute Gasteiger partial charge is 0.393 e. The molecule has 0 aliphatic heterocycles. The second-order valence-corrected chi connectivity index (χ2v) is 18.7. The Hall–Kier alpha value is -5.71. The Morgan fingerprint density at radius 3 is 2.16 bits per heavy atom. The number of benzene rings is 4. The standard InChI is InChI=1S/C54H57N5O2/c55-52-50-49(42-15-6-3-7-16-42)51(43-17-8-4-9-18-43)58(53(50)56-36-59(52)46-24-26-47(60)27-25-46)35-38-14-11-13-37(28-38)12-5-1-2-10-19-48(61)57-45-22-20-44(21-23-45)54-32-39-29-40(33-54)31-41(30-39)34-54/h3-4,6-9,11,13-18,20-23,28,36,39-41,46-47,55,60H,1-2,10,19,24-27,29-35H2,(H,57,61). The van der Waals surface area contributed by atoms with Gasteiger partial charge >= 0.3 is 0 Å². The SMILES string of the molecule is N=c1c2c(-c3ccccc3)c(-c3ccccc3)n(Cc3cccc(C#CCCCCC(=O)Nc4ccc(C56CC7CC(CC(C7)C5)C6)cc4)c3)c2ncn1C1CCC(O)CC1. The quantitative estimate of drug-likeness (QED) is 0.0898. The average Bonchev–Trinajstić information content (AvgIpc) is 3.60. The first-order valence-electron chi connectivity index (χ1n) is 22.8. The van der Waals surface area contributed by atoms with Crippen molar-refractivity contribution in [3.63, 3.8) is 0 Å². The smallest absolute Gasteiger partial charge is 0.224 e. The molecule has 2 aromatic heterocycles. The fraction of sp³-hybridized carbons (Fsp3) is 0.389. The van der Waals surface area contributed by atoms with Gasteiger partial charge in [-0.3, -0.25) is 10.2 Å². The van der Waals surface area contributed by atoms with Crippen LogP contribution in [0.15, 0.2) is 116 Å². The predicted molar refractivity (Wildman–Crippen MR) is 244 cm³/mol. The van der Waals surface area contributed by atoms with E-state index in [1.165, 1.54) is 44.1 Å². The van der Waals surface area contributed by atoms with Crippen molar-refractivity contribution in [1.29, 1.82) is 5.41 Å². The van der Waals surface area contributed by atoms with E-state index in [0.717, 1.165) is 113 Å². The van der Waals surface area contributed by atoms with E-state index >= 15 is 0 Å². The molecule has 1 amide bonds. The monoisotopic (exact) mass is 807 g/mol. The van der Waals surface area contributed by atoms with Crippen LogP contribution in [0.25, 0.3) is 33.4 Å². The van der Waals surface area contributed by atoms with E-state index in [4.69, 9.17) is 4.98 Å². The van der Waals surface area contributed by atoms with Gasteiger partial charge in [-0.1, -0.05) is 96.8 Å². The molecule has 310 valence electrons. The van der Waals surface area contributed by atoms with Crippen molar-refractivity contribution in [2.24, 2.45) is 17.8 Å². The van der Waals surface area contributed by atoms with Gasteiger partial charge in [-0.25, -0.2) is 4.98 Å². The van der Waals surface area contributed by atoms with Gasteiger partial charge in [0.05, 0.1) is 23.5 Å². The maximum absolute atomic E-state index is 12.9. The lowest BCUT2D eigenvalue weighted by Crippen LogP contribution is -2.48. The minimum atomic E-state index is -0.267. The van der Waals surface area contributed by atoms with Gasteiger partial charge in [-0.2, -0.15) is 0 Å². The predicted octanol–water partition coefficient (Wildman–Crippen LogP) is 11.2. The van der Waals surface area contributed by atoms with Gasteiger partial charge in [0.25, 0.3) is 0 Å². The Balaban J connectivity index is 0.822. The van der Waals surface area contributed by atoms with E-state index in [2.05, 4.69) is 119 Å². The van der Waals surface area contributed by atoms with E-state index in [1.807, 2.05) is 23.0 Å². The van der Waals surface area contributed by atoms with E-state index < -0.39 is 0 Å². The van der Waals surface area contributed by atoms with Crippen LogP contribution >= 0.6 is 0 Å². The highest BCUT2D eigenvalue weighted by Crippen LogP contribution is 2.60. The number of anilines is 1. The molecule has 0 spiro atoms. The molecule has 61 heavy (non-hydrogen) atoms. The minimum Gasteiger partial charge on any atom is -0.393 e. The number of rotatable bonds is 11. The topological polar surface area (TPSA) is 95.9 Å². The van der Waals surface area contributed by atoms with Gasteiger partial charge in [-0.05, 0) is 147 Å². The van der Waals surface area contributed by atoms with Gasteiger partial charge in [-0.15, -0.1) is 0 Å². The molecular weight excluding hydrogens is 751 g/mol. The fourth-order valence-electron chi connectivity index (χ4n) is 12.0. The minimum absolute atomic E-state index is 0.0710. The van der Waals surface area contributed by atoms with Crippen LogP contribution in [0.4, 0.5) is 5.69 Å². The highest BCUT2D eigenvalue weighted by molar-refractivity contribution is 6.02. The van der Waals surface area contributed by atoms with Crippen molar-refractivity contribution in [1.82, 2.24) is 14.1 Å². The maximum atomic E-state index is 12.9. The van der Waals surface area contributed by atoms with Gasteiger partial charge in [0, 0.05) is 42.2 Å². The molecule has 2 heterocycles. The molecule has 7 heteroatoms. The molecule has 11 rings (SSSR count). The second kappa shape index (κ2) is 17.0. The first-order valence-corrected chi connectivity index (χ1v) is 22.8. The normalized spacial score (nSPS) is 24.0. The van der Waals surface area contributed by atoms with Gasteiger partial charge in [0.1, 0.15) is 11.1 Å². The van der Waals surface area contributed by atoms with Gasteiger partial charge < -0.3 is 19.6 Å². The molecule has 0 atom stereocenters. The van der Waals surface area contributed by atoms with Crippen molar-refractivity contribution in [3.05, 3.63) is 138 Å². The highest BCUT2D eigenvalue weighted by atomic mass is 16.3. The summed E-state index contributed by atoms with van der Waals surface area (Å²) in [6, 6.07) is 38.3. The zero-order valence-corrected chi connectivity index (χ0v) is 35.2. The van der Waals surface area contributed by atoms with Crippen LogP contribution in [0.1, 0.15) is 113 Å². The molecule has 3 N–H and O–H groups in total. The van der Waals surface area contributed by atoms with Crippen molar-refractivity contribution in [3.8, 4) is 34.2 Å². The summed E-state index contributed by atoms with van der Waals surface area (Å²) in [6.45, 7) is 0.565. The third-order valence-electron chi connectivity index (χ3n) is 14.5. The number of carbonyl (C=O) groups excluding carboxylic acids is 1. The highest BCUT2D eigenvalue weighted by Gasteiger charge is 2.51. The number of nitrogens with zero attached hydrogens (tertiary/aromatic N) is 3. The first-order chi connectivity index (χ1) is 29.9. The van der Waals surface area contributed by atoms with Crippen molar-refractivity contribution in [2.75, 3.05) is 5.32 Å². The summed E-state index contributed by atoms with van der Waals surface area (Å²) < 4.78 is 4.30. The Kier molecular flexibility index (Phi) is 11.0. The van der Waals surface area contributed by atoms with E-state index in [9.17, 15) is 15.3 Å². The Morgan fingerprint density at radius 1 is 0.803 bits per heavy atom. The third-order valence-corrected chi connectivity index (χ3v) is 14.5. The number of fused-ring (bicyclic) bond motifs is 1. The lowest BCUT2D eigenvalue weighted by Gasteiger charge is -2.57. The number of amides is 1. The number of unbranched alkanes of at least 4 members (excludes halogenated alkanes) is 2. The second-order valence-electron chi connectivity index (χ2n) is 18.7. The summed E-state index contributed by atoms with van der Waals surface area (Å²) in [4.78, 5) is 18.0. The first kappa shape index (κ1) is 39.4. The molecule has 4 aromatic carbocycles. The van der Waals surface area contributed by atoms with Crippen LogP contribution in [-0.2, 0) is 16.8 Å². The van der Waals surface area contributed by atoms with Gasteiger partial charge in [0.2, 0.25) is 5.91 Å². The number of hydrogen-bond acceptors (Lipinski definition) is 4. The molecule has 0 saturated heterocycles. The number of aliphatic hydroxyl groups excluding tert-OH is 1. The van der Waals surface area contributed by atoms with E-state index in [1.54, 1.807) is 0 Å². The molecule has 5 aliphatic carbocycles. The molecule has 0 radical (unpaired) electrons. The lowest BCUT2D eigenvalue weighted by molar-refractivity contribution is -0.116. The maximum Gasteiger partial charge on any atom is 0.224 e. The van der Waals surface area contributed by atoms with Gasteiger partial charge in [0.15, 0.2) is 0 Å². The Morgan fingerprint density at radius 2 is 1.48 bits per heavy atom. The molecule has 0 unspecified atom stereocenters. The fourth-order valence-corrected chi connectivity index (χ4v) is 12.0. The zero-order valence-electron chi connectivity index (χ0n) is 35.2. The molecular formula is C54H57N5O2. The average molecular weight is 808 g/mol. The van der Waals surface area contributed by atoms with Crippen LogP contribution in [-0.4, -0.2) is 31.2 Å². The van der Waals surface area contributed by atoms with E-state index in [-0.39, 0.29) is 18.1 Å². The lowest BCUT2D eigenvalue weighted by atomic mass is 9.48. The molecule has 5 fully saturated rings. The summed E-state index contributed by atoms with van der Waals surface area (Å²) in [6.07, 6.45) is 16.0. The summed E-state index contributed by atoms with van der Waals surface area (Å²) in [5.41, 5.74) is 10.3. The van der Waals surface area contributed by atoms with Crippen molar-refractivity contribution < 1.29 is 9.90 Å². The summed E-state index contributed by atoms with van der Waals surface area (Å²) in [5, 5.41) is 23.9. The summed E-state index contributed by atoms with van der Waals surface area (Å²) >= 11 is 0. The number of hydrogen-bond donors (Lipinski definition) is 3. The molecule has 5 aliphatic rings. The number of nitrogens with one attached hydrogen (secondary N) is 2. The number of aromatic nitrogens is 3. The zero-order chi connectivity index (χ0) is 41.3. The summed E-state index contributed by atoms with van der Waals surface area (Å²) in [7, 11) is 0. The van der Waals surface area contributed by atoms with Crippen LogP contribution in [0, 0.1) is 35.0 Å². The molecule has 6 aromatic rings. The molecule has 7 nitrogen and oxygen atoms in total. The van der Waals surface area contributed by atoms with Crippen LogP contribution in [0.3, 0.4) is 0 Å². The Labute approximate surface area is 359 Å². The van der Waals surface area contributed by atoms with Crippen LogP contribution < -0.4 is 10.8 Å². The van der Waals surface area contributed by atoms with Crippen LogP contribution in [0.5, 0.6) is 0 Å². The van der Waals surface area contributed by atoms with Crippen molar-refractivity contribution >= 4 is 22.6 Å². The molecule has 5 saturated carbocycles.